The summed E-state index contributed by atoms with van der Waals surface area (Å²) in [6.45, 7) is 1.65. The van der Waals surface area contributed by atoms with Crippen molar-refractivity contribution in [1.82, 2.24) is 4.98 Å². The van der Waals surface area contributed by atoms with Gasteiger partial charge in [0.15, 0.2) is 0 Å². The number of hydrogen-bond acceptors (Lipinski definition) is 1. The van der Waals surface area contributed by atoms with E-state index < -0.39 is 11.6 Å². The van der Waals surface area contributed by atoms with Crippen molar-refractivity contribution in [2.45, 2.75) is 11.8 Å². The minimum atomic E-state index is -0.616. The van der Waals surface area contributed by atoms with Gasteiger partial charge in [-0.2, -0.15) is 0 Å². The maximum absolute atomic E-state index is 12.8. The average molecular weight is 222 g/mol. The van der Waals surface area contributed by atoms with Crippen molar-refractivity contribution < 1.29 is 8.78 Å². The molecule has 1 heterocycles. The second-order valence-electron chi connectivity index (χ2n) is 2.13. The molecule has 1 atom stereocenters. The van der Waals surface area contributed by atoms with Crippen molar-refractivity contribution in [3.05, 3.63) is 29.6 Å². The highest BCUT2D eigenvalue weighted by Gasteiger charge is 2.12. The maximum atomic E-state index is 12.8. The standard InChI is InChI=1S/C7H6BrF2N/c1-4(8)7-5(9)2-11-3-6(7)10/h2-4H,1H3. The SMILES string of the molecule is CC(Br)c1c(F)cncc1F. The summed E-state index contributed by atoms with van der Waals surface area (Å²) in [5.41, 5.74) is 0.0278. The molecule has 1 nitrogen and oxygen atoms in total. The van der Waals surface area contributed by atoms with Crippen LogP contribution in [-0.2, 0) is 0 Å². The highest BCUT2D eigenvalue weighted by Crippen LogP contribution is 2.25. The molecule has 1 aromatic heterocycles. The normalized spacial score (nSPS) is 13.1. The molecule has 1 rings (SSSR count). The molecule has 1 aromatic rings. The molecule has 0 saturated carbocycles. The van der Waals surface area contributed by atoms with Gasteiger partial charge in [-0.05, 0) is 6.92 Å². The average Bonchev–Trinajstić information content (AvgIpc) is 1.85. The number of hydrogen-bond donors (Lipinski definition) is 0. The van der Waals surface area contributed by atoms with Gasteiger partial charge in [-0.15, -0.1) is 0 Å². The van der Waals surface area contributed by atoms with E-state index in [0.717, 1.165) is 12.4 Å². The molecule has 0 aliphatic carbocycles. The van der Waals surface area contributed by atoms with E-state index >= 15 is 0 Å². The lowest BCUT2D eigenvalue weighted by molar-refractivity contribution is 0.548. The minimum Gasteiger partial charge on any atom is -0.259 e. The van der Waals surface area contributed by atoms with Crippen LogP contribution in [0.4, 0.5) is 8.78 Å². The van der Waals surface area contributed by atoms with E-state index in [4.69, 9.17) is 0 Å². The first-order chi connectivity index (χ1) is 5.13. The van der Waals surface area contributed by atoms with Gasteiger partial charge in [0.05, 0.1) is 12.4 Å². The molecule has 1 unspecified atom stereocenters. The van der Waals surface area contributed by atoms with Gasteiger partial charge in [0.2, 0.25) is 0 Å². The molecule has 11 heavy (non-hydrogen) atoms. The van der Waals surface area contributed by atoms with Crippen LogP contribution in [0.25, 0.3) is 0 Å². The monoisotopic (exact) mass is 221 g/mol. The molecular formula is C7H6BrF2N. The van der Waals surface area contributed by atoms with E-state index in [1.807, 2.05) is 0 Å². The highest BCUT2D eigenvalue weighted by molar-refractivity contribution is 9.09. The largest absolute Gasteiger partial charge is 0.259 e. The summed E-state index contributed by atoms with van der Waals surface area (Å²) in [6, 6.07) is 0. The zero-order valence-corrected chi connectivity index (χ0v) is 7.40. The number of aromatic nitrogens is 1. The van der Waals surface area contributed by atoms with Crippen LogP contribution in [0, 0.1) is 11.6 Å². The van der Waals surface area contributed by atoms with Gasteiger partial charge in [-0.3, -0.25) is 4.98 Å². The summed E-state index contributed by atoms with van der Waals surface area (Å²) in [7, 11) is 0. The topological polar surface area (TPSA) is 12.9 Å². The van der Waals surface area contributed by atoms with Crippen molar-refractivity contribution in [3.63, 3.8) is 0 Å². The summed E-state index contributed by atoms with van der Waals surface area (Å²) in [5, 5.41) is 0. The van der Waals surface area contributed by atoms with E-state index in [-0.39, 0.29) is 10.4 Å². The molecular weight excluding hydrogens is 216 g/mol. The van der Waals surface area contributed by atoms with E-state index in [0.29, 0.717) is 0 Å². The van der Waals surface area contributed by atoms with Crippen LogP contribution < -0.4 is 0 Å². The quantitative estimate of drug-likeness (QED) is 0.665. The molecule has 0 saturated heterocycles. The van der Waals surface area contributed by atoms with Crippen molar-refractivity contribution in [2.75, 3.05) is 0 Å². The van der Waals surface area contributed by atoms with Crippen molar-refractivity contribution in [2.24, 2.45) is 0 Å². The van der Waals surface area contributed by atoms with Gasteiger partial charge in [-0.1, -0.05) is 15.9 Å². The van der Waals surface area contributed by atoms with Crippen molar-refractivity contribution in [3.8, 4) is 0 Å². The third kappa shape index (κ3) is 1.74. The predicted molar refractivity (Wildman–Crippen MR) is 41.5 cm³/mol. The summed E-state index contributed by atoms with van der Waals surface area (Å²) in [4.78, 5) is 3.03. The van der Waals surface area contributed by atoms with E-state index in [9.17, 15) is 8.78 Å². The van der Waals surface area contributed by atoms with Crippen LogP contribution in [0.2, 0.25) is 0 Å². The Bertz CT molecular complexity index is 242. The molecule has 0 radical (unpaired) electrons. The van der Waals surface area contributed by atoms with Crippen LogP contribution >= 0.6 is 15.9 Å². The van der Waals surface area contributed by atoms with Crippen LogP contribution in [0.5, 0.6) is 0 Å². The molecule has 0 N–H and O–H groups in total. The first kappa shape index (κ1) is 8.59. The van der Waals surface area contributed by atoms with Gasteiger partial charge in [-0.25, -0.2) is 8.78 Å². The Kier molecular flexibility index (Phi) is 2.54. The number of pyridine rings is 1. The molecule has 0 aliphatic rings. The summed E-state index contributed by atoms with van der Waals surface area (Å²) in [5.74, 6) is -1.23. The highest BCUT2D eigenvalue weighted by atomic mass is 79.9. The third-order valence-electron chi connectivity index (χ3n) is 1.29. The molecule has 0 amide bonds. The second kappa shape index (κ2) is 3.26. The Balaban J connectivity index is 3.21. The summed E-state index contributed by atoms with van der Waals surface area (Å²) in [6.07, 6.45) is 1.99. The van der Waals surface area contributed by atoms with Gasteiger partial charge < -0.3 is 0 Å². The first-order valence-electron chi connectivity index (χ1n) is 3.06. The Morgan fingerprint density at radius 1 is 1.36 bits per heavy atom. The fourth-order valence-corrected chi connectivity index (χ4v) is 1.24. The molecule has 0 fully saturated rings. The fraction of sp³-hybridized carbons (Fsp3) is 0.286. The lowest BCUT2D eigenvalue weighted by atomic mass is 10.2. The second-order valence-corrected chi connectivity index (χ2v) is 3.51. The molecule has 0 spiro atoms. The molecule has 60 valence electrons. The predicted octanol–water partition coefficient (Wildman–Crippen LogP) is 2.82. The van der Waals surface area contributed by atoms with Crippen LogP contribution in [0.3, 0.4) is 0 Å². The number of halogens is 3. The Hall–Kier alpha value is -0.510. The van der Waals surface area contributed by atoms with Gasteiger partial charge >= 0.3 is 0 Å². The van der Waals surface area contributed by atoms with Gasteiger partial charge in [0.1, 0.15) is 11.6 Å². The maximum Gasteiger partial charge on any atom is 0.148 e. The molecule has 4 heteroatoms. The van der Waals surface area contributed by atoms with E-state index in [2.05, 4.69) is 20.9 Å². The number of nitrogens with zero attached hydrogens (tertiary/aromatic N) is 1. The molecule has 0 aromatic carbocycles. The lowest BCUT2D eigenvalue weighted by Crippen LogP contribution is -1.96. The molecule has 0 bridgehead atoms. The van der Waals surface area contributed by atoms with Crippen molar-refractivity contribution in [1.29, 1.82) is 0 Å². The molecule has 0 aliphatic heterocycles. The van der Waals surface area contributed by atoms with Crippen molar-refractivity contribution >= 4 is 15.9 Å². The summed E-state index contributed by atoms with van der Waals surface area (Å²) < 4.78 is 25.5. The Morgan fingerprint density at radius 3 is 2.09 bits per heavy atom. The number of alkyl halides is 1. The lowest BCUT2D eigenvalue weighted by Gasteiger charge is -2.04. The zero-order chi connectivity index (χ0) is 8.43. The van der Waals surface area contributed by atoms with E-state index in [1.165, 1.54) is 0 Å². The Morgan fingerprint density at radius 2 is 1.82 bits per heavy atom. The van der Waals surface area contributed by atoms with Crippen LogP contribution in [0.15, 0.2) is 12.4 Å². The smallest absolute Gasteiger partial charge is 0.148 e. The van der Waals surface area contributed by atoms with Crippen LogP contribution in [0.1, 0.15) is 17.3 Å². The fourth-order valence-electron chi connectivity index (χ4n) is 0.801. The minimum absolute atomic E-state index is 0.0278. The number of rotatable bonds is 1. The Labute approximate surface area is 71.6 Å². The van der Waals surface area contributed by atoms with Gasteiger partial charge in [0, 0.05) is 10.4 Å². The zero-order valence-electron chi connectivity index (χ0n) is 5.81. The first-order valence-corrected chi connectivity index (χ1v) is 3.97. The van der Waals surface area contributed by atoms with Crippen LogP contribution in [-0.4, -0.2) is 4.98 Å². The van der Waals surface area contributed by atoms with E-state index in [1.54, 1.807) is 6.92 Å². The summed E-state index contributed by atoms with van der Waals surface area (Å²) >= 11 is 3.08. The van der Waals surface area contributed by atoms with Gasteiger partial charge in [0.25, 0.3) is 0 Å². The third-order valence-corrected chi connectivity index (χ3v) is 1.75.